The number of carbonyl (C=O) groups excluding carboxylic acids is 4. The minimum Gasteiger partial charge on any atom is -0.481 e. The Morgan fingerprint density at radius 1 is 0.797 bits per heavy atom. The fourth-order valence-corrected chi connectivity index (χ4v) is 10.5. The smallest absolute Gasteiger partial charge is 0.407 e. The van der Waals surface area contributed by atoms with Gasteiger partial charge in [0.05, 0.1) is 73.6 Å². The van der Waals surface area contributed by atoms with Crippen LogP contribution in [-0.2, 0) is 23.8 Å². The summed E-state index contributed by atoms with van der Waals surface area (Å²) >= 11 is 0. The molecule has 6 heterocycles. The maximum absolute atomic E-state index is 13.9. The monoisotopic (exact) mass is 1010 g/mol. The van der Waals surface area contributed by atoms with Gasteiger partial charge in [-0.1, -0.05) is 64.1 Å². The third-order valence-corrected chi connectivity index (χ3v) is 14.2. The number of aliphatic imine (C=N–C) groups is 1. The number of allylic oxidation sites excluding steroid dienone is 1. The van der Waals surface area contributed by atoms with Gasteiger partial charge >= 0.3 is 12.2 Å². The van der Waals surface area contributed by atoms with Gasteiger partial charge < -0.3 is 53.9 Å². The standard InChI is InChI=1S/C56H66N10O8/c1-10-40(59-33(7)73-11-2)34-15-12-16-37(25-34)54-66-43-22-20-35(41-29-57-50(60-41)44-17-13-23-64(44)52(67)48(31(3)4)62-55(69)71-8)26-38(43)27-46(66)39-21-19-36(28-47(39)74-54)42-30-58-51(61-42)45-18-14-24-65(45)53(68)49(32(5)6)63-56(70)72-9/h10,12,15-16,19-22,25-32,44-45,48-49,54H,11,13-14,17-18,23-24H2,1-9H3,(H,57,60)(H,58,61)(H,62,69)(H,63,70). The molecule has 0 radical (unpaired) electrons. The number of fused-ring (bicyclic) bond motifs is 5. The number of nitrogens with zero attached hydrogens (tertiary/aromatic N) is 6. The molecule has 0 spiro atoms. The van der Waals surface area contributed by atoms with Crippen LogP contribution in [0.15, 0.2) is 90.2 Å². The maximum Gasteiger partial charge on any atom is 0.407 e. The minimum absolute atomic E-state index is 0.145. The van der Waals surface area contributed by atoms with Gasteiger partial charge in [0.1, 0.15) is 29.5 Å². The molecule has 3 aliphatic heterocycles. The predicted molar refractivity (Wildman–Crippen MR) is 282 cm³/mol. The van der Waals surface area contributed by atoms with E-state index >= 15 is 0 Å². The van der Waals surface area contributed by atoms with Gasteiger partial charge in [-0.15, -0.1) is 0 Å². The van der Waals surface area contributed by atoms with E-state index in [9.17, 15) is 19.2 Å². The van der Waals surface area contributed by atoms with E-state index in [1.165, 1.54) is 14.2 Å². The number of imidazole rings is 2. The molecule has 3 aromatic heterocycles. The molecule has 4 N–H and O–H groups in total. The van der Waals surface area contributed by atoms with Gasteiger partial charge in [0.25, 0.3) is 0 Å². The van der Waals surface area contributed by atoms with Crippen molar-refractivity contribution in [3.63, 3.8) is 0 Å². The molecule has 0 aliphatic carbocycles. The van der Waals surface area contributed by atoms with Crippen LogP contribution in [0.5, 0.6) is 5.75 Å². The molecular formula is C56H66N10O8. The van der Waals surface area contributed by atoms with Crippen LogP contribution in [0.25, 0.3) is 50.4 Å². The van der Waals surface area contributed by atoms with E-state index in [2.05, 4.69) is 73.7 Å². The fourth-order valence-electron chi connectivity index (χ4n) is 10.5. The van der Waals surface area contributed by atoms with E-state index < -0.39 is 30.5 Å². The molecule has 18 heteroatoms. The van der Waals surface area contributed by atoms with Crippen LogP contribution < -0.4 is 15.4 Å². The van der Waals surface area contributed by atoms with Crippen LogP contribution in [0.2, 0.25) is 0 Å². The molecule has 5 atom stereocenters. The van der Waals surface area contributed by atoms with Crippen molar-refractivity contribution in [2.75, 3.05) is 33.9 Å². The van der Waals surface area contributed by atoms with Crippen molar-refractivity contribution in [3.05, 3.63) is 108 Å². The molecule has 2 fully saturated rings. The Balaban J connectivity index is 1.06. The van der Waals surface area contributed by atoms with Crippen LogP contribution in [0.3, 0.4) is 0 Å². The first-order valence-corrected chi connectivity index (χ1v) is 25.5. The summed E-state index contributed by atoms with van der Waals surface area (Å²) in [6.07, 6.45) is 6.79. The number of likely N-dealkylation sites (tertiary alicyclic amines) is 2. The first kappa shape index (κ1) is 51.0. The van der Waals surface area contributed by atoms with Gasteiger partial charge in [-0.05, 0) is 87.8 Å². The van der Waals surface area contributed by atoms with Gasteiger partial charge in [0, 0.05) is 53.2 Å². The van der Waals surface area contributed by atoms with Gasteiger partial charge in [-0.3, -0.25) is 9.59 Å². The second kappa shape index (κ2) is 21.7. The minimum atomic E-state index is -0.740. The summed E-state index contributed by atoms with van der Waals surface area (Å²) < 4.78 is 24.7. The molecule has 3 aliphatic rings. The topological polar surface area (TPSA) is 210 Å². The highest BCUT2D eigenvalue weighted by Gasteiger charge is 2.39. The zero-order valence-corrected chi connectivity index (χ0v) is 43.5. The highest BCUT2D eigenvalue weighted by molar-refractivity contribution is 5.93. The second-order valence-electron chi connectivity index (χ2n) is 19.7. The van der Waals surface area contributed by atoms with E-state index in [4.69, 9.17) is 33.9 Å². The Kier molecular flexibility index (Phi) is 14.9. The van der Waals surface area contributed by atoms with Crippen LogP contribution in [-0.4, -0.2) is 110 Å². The average molecular weight is 1010 g/mol. The number of carbonyl (C=O) groups is 4. The molecule has 6 aromatic rings. The zero-order chi connectivity index (χ0) is 52.4. The Bertz CT molecular complexity index is 3130. The molecule has 9 rings (SSSR count). The van der Waals surface area contributed by atoms with Crippen LogP contribution in [0.4, 0.5) is 9.59 Å². The van der Waals surface area contributed by atoms with Gasteiger partial charge in [-0.2, -0.15) is 0 Å². The Labute approximate surface area is 430 Å². The Morgan fingerprint density at radius 3 is 1.93 bits per heavy atom. The quantitative estimate of drug-likeness (QED) is 0.0599. The van der Waals surface area contributed by atoms with Gasteiger partial charge in [0.15, 0.2) is 5.90 Å². The normalized spacial score (nSPS) is 18.5. The second-order valence-corrected chi connectivity index (χ2v) is 19.7. The number of rotatable bonds is 14. The number of methoxy groups -OCH3 is 2. The zero-order valence-electron chi connectivity index (χ0n) is 43.5. The van der Waals surface area contributed by atoms with E-state index in [0.717, 1.165) is 87.2 Å². The summed E-state index contributed by atoms with van der Waals surface area (Å²) in [6.45, 7) is 15.0. The number of alkyl carbamates (subject to hydrolysis) is 2. The van der Waals surface area contributed by atoms with Crippen molar-refractivity contribution in [1.29, 1.82) is 0 Å². The van der Waals surface area contributed by atoms with Gasteiger partial charge in [-0.25, -0.2) is 24.5 Å². The van der Waals surface area contributed by atoms with E-state index in [0.29, 0.717) is 43.0 Å². The van der Waals surface area contributed by atoms with Crippen molar-refractivity contribution in [2.24, 2.45) is 16.8 Å². The van der Waals surface area contributed by atoms with Crippen LogP contribution >= 0.6 is 0 Å². The number of nitrogens with one attached hydrogen (secondary N) is 4. The molecular weight excluding hydrogens is 941 g/mol. The van der Waals surface area contributed by atoms with Crippen molar-refractivity contribution >= 4 is 46.5 Å². The molecule has 0 bridgehead atoms. The Hall–Kier alpha value is -7.89. The summed E-state index contributed by atoms with van der Waals surface area (Å²) in [6, 6.07) is 20.9. The summed E-state index contributed by atoms with van der Waals surface area (Å²) in [7, 11) is 2.58. The SMILES string of the molecule is CC=C(N=C(C)OCC)c1cccc(C2Oc3cc(-c4cnc(C5CCCN5C(=O)C(NC(=O)OC)C(C)C)[nH]4)ccc3-c3cc4cc(-c5cnc(C6CCCN6C(=O)C(NC(=O)OC)C(C)C)[nH]5)ccc4n32)c1. The number of aromatic nitrogens is 5. The lowest BCUT2D eigenvalue weighted by Gasteiger charge is -2.31. The largest absolute Gasteiger partial charge is 0.481 e. The molecule has 5 unspecified atom stereocenters. The lowest BCUT2D eigenvalue weighted by molar-refractivity contribution is -0.136. The Morgan fingerprint density at radius 2 is 1.38 bits per heavy atom. The average Bonchev–Trinajstić information content (AvgIpc) is 4.27. The first-order valence-electron chi connectivity index (χ1n) is 25.5. The summed E-state index contributed by atoms with van der Waals surface area (Å²) in [4.78, 5) is 77.3. The van der Waals surface area contributed by atoms with E-state index in [1.807, 2.05) is 83.8 Å². The van der Waals surface area contributed by atoms with Crippen LogP contribution in [0.1, 0.15) is 115 Å². The number of aromatic amines is 2. The fraction of sp³-hybridized carbons (Fsp3) is 0.411. The number of hydrogen-bond acceptors (Lipinski definition) is 11. The number of benzene rings is 3. The molecule has 388 valence electrons. The maximum atomic E-state index is 13.9. The van der Waals surface area contributed by atoms with Crippen molar-refractivity contribution in [2.45, 2.75) is 105 Å². The third-order valence-electron chi connectivity index (χ3n) is 14.2. The number of hydrogen-bond donors (Lipinski definition) is 4. The molecule has 74 heavy (non-hydrogen) atoms. The van der Waals surface area contributed by atoms with E-state index in [1.54, 1.807) is 11.1 Å². The summed E-state index contributed by atoms with van der Waals surface area (Å²) in [5.74, 6) is 1.98. The van der Waals surface area contributed by atoms with E-state index in [-0.39, 0.29) is 35.7 Å². The lowest BCUT2D eigenvalue weighted by atomic mass is 10.0. The summed E-state index contributed by atoms with van der Waals surface area (Å²) in [5.41, 5.74) is 8.81. The van der Waals surface area contributed by atoms with Crippen LogP contribution in [0, 0.1) is 11.8 Å². The highest BCUT2D eigenvalue weighted by Crippen LogP contribution is 2.47. The van der Waals surface area contributed by atoms with Gasteiger partial charge in [0.2, 0.25) is 18.0 Å². The van der Waals surface area contributed by atoms with Crippen molar-refractivity contribution in [3.8, 4) is 39.5 Å². The molecule has 3 aromatic carbocycles. The van der Waals surface area contributed by atoms with Crippen molar-refractivity contribution in [1.82, 2.24) is 44.9 Å². The molecule has 18 nitrogen and oxygen atoms in total. The molecule has 2 saturated heterocycles. The molecule has 4 amide bonds. The highest BCUT2D eigenvalue weighted by atomic mass is 16.5. The lowest BCUT2D eigenvalue weighted by Crippen LogP contribution is -2.51. The third kappa shape index (κ3) is 10.1. The van der Waals surface area contributed by atoms with Crippen molar-refractivity contribution < 1.29 is 38.1 Å². The first-order chi connectivity index (χ1) is 35.7. The number of ether oxygens (including phenoxy) is 4. The predicted octanol–water partition coefficient (Wildman–Crippen LogP) is 9.93. The summed E-state index contributed by atoms with van der Waals surface area (Å²) in [5, 5.41) is 6.44. The molecule has 0 saturated carbocycles. The number of amides is 4. The number of H-pyrrole nitrogens is 2.